The number of nitrogens with two attached hydrogens (primary N) is 1. The van der Waals surface area contributed by atoms with Crippen LogP contribution < -0.4 is 5.73 Å². The monoisotopic (exact) mass is 219 g/mol. The Bertz CT molecular complexity index is 314. The fraction of sp³-hybridized carbons (Fsp3) is 0.571. The molecule has 1 fully saturated rings. The molecule has 0 spiro atoms. The lowest BCUT2D eigenvalue weighted by molar-refractivity contribution is 0.180. The van der Waals surface area contributed by atoms with Gasteiger partial charge in [-0.15, -0.1) is 0 Å². The van der Waals surface area contributed by atoms with Gasteiger partial charge < -0.3 is 10.5 Å². The molecule has 2 rings (SSSR count). The molecule has 1 aliphatic rings. The molecule has 0 aromatic heterocycles. The number of benzene rings is 1. The van der Waals surface area contributed by atoms with Crippen LogP contribution in [0.3, 0.4) is 0 Å². The molecule has 0 aliphatic carbocycles. The van der Waals surface area contributed by atoms with Crippen molar-refractivity contribution >= 4 is 0 Å². The van der Waals surface area contributed by atoms with Crippen molar-refractivity contribution in [2.24, 2.45) is 11.7 Å². The van der Waals surface area contributed by atoms with Gasteiger partial charge in [-0.3, -0.25) is 0 Å². The predicted octanol–water partition coefficient (Wildman–Crippen LogP) is 2.16. The van der Waals surface area contributed by atoms with Gasteiger partial charge in [0.25, 0.3) is 0 Å². The molecule has 2 nitrogen and oxygen atoms in total. The second-order valence-corrected chi connectivity index (χ2v) is 4.66. The van der Waals surface area contributed by atoms with Crippen molar-refractivity contribution in [3.05, 3.63) is 35.4 Å². The minimum Gasteiger partial charge on any atom is -0.381 e. The van der Waals surface area contributed by atoms with Gasteiger partial charge in [0.2, 0.25) is 0 Å². The van der Waals surface area contributed by atoms with E-state index in [1.807, 2.05) is 0 Å². The van der Waals surface area contributed by atoms with Gasteiger partial charge in [-0.25, -0.2) is 0 Å². The highest BCUT2D eigenvalue weighted by Gasteiger charge is 2.22. The van der Waals surface area contributed by atoms with E-state index in [1.54, 1.807) is 0 Å². The first-order valence-electron chi connectivity index (χ1n) is 6.20. The topological polar surface area (TPSA) is 35.2 Å². The fourth-order valence-electron chi connectivity index (χ4n) is 2.24. The maximum atomic E-state index is 6.20. The Hall–Kier alpha value is -0.860. The fourth-order valence-corrected chi connectivity index (χ4v) is 2.24. The van der Waals surface area contributed by atoms with Crippen LogP contribution in [-0.2, 0) is 17.6 Å². The average molecular weight is 219 g/mol. The molecular formula is C14H21NO. The molecule has 1 aromatic carbocycles. The summed E-state index contributed by atoms with van der Waals surface area (Å²) in [5.41, 5.74) is 8.94. The molecule has 16 heavy (non-hydrogen) atoms. The number of hydrogen-bond donors (Lipinski definition) is 1. The van der Waals surface area contributed by atoms with Gasteiger partial charge in [0.1, 0.15) is 0 Å². The third-order valence-electron chi connectivity index (χ3n) is 3.47. The largest absolute Gasteiger partial charge is 0.381 e. The molecule has 2 atom stereocenters. The molecule has 1 aliphatic heterocycles. The highest BCUT2D eigenvalue weighted by Crippen LogP contribution is 2.18. The van der Waals surface area contributed by atoms with Gasteiger partial charge in [0.15, 0.2) is 0 Å². The molecule has 0 radical (unpaired) electrons. The summed E-state index contributed by atoms with van der Waals surface area (Å²) in [5.74, 6) is 0.547. The lowest BCUT2D eigenvalue weighted by Gasteiger charge is -2.17. The van der Waals surface area contributed by atoms with Crippen molar-refractivity contribution in [3.63, 3.8) is 0 Å². The predicted molar refractivity (Wildman–Crippen MR) is 66.4 cm³/mol. The second-order valence-electron chi connectivity index (χ2n) is 4.66. The smallest absolute Gasteiger partial charge is 0.0510 e. The molecule has 1 aromatic rings. The van der Waals surface area contributed by atoms with Gasteiger partial charge in [-0.1, -0.05) is 31.2 Å². The summed E-state index contributed by atoms with van der Waals surface area (Å²) in [4.78, 5) is 0. The molecule has 2 unspecified atom stereocenters. The molecule has 1 saturated heterocycles. The van der Waals surface area contributed by atoms with Crippen molar-refractivity contribution < 1.29 is 4.74 Å². The number of rotatable bonds is 4. The zero-order valence-electron chi connectivity index (χ0n) is 9.99. The highest BCUT2D eigenvalue weighted by molar-refractivity contribution is 5.23. The Kier molecular flexibility index (Phi) is 3.97. The van der Waals surface area contributed by atoms with E-state index in [9.17, 15) is 0 Å². The molecule has 0 amide bonds. The minimum absolute atomic E-state index is 0.245. The van der Waals surface area contributed by atoms with Crippen molar-refractivity contribution in [1.29, 1.82) is 0 Å². The molecule has 0 bridgehead atoms. The Morgan fingerprint density at radius 3 is 2.56 bits per heavy atom. The molecular weight excluding hydrogens is 198 g/mol. The third-order valence-corrected chi connectivity index (χ3v) is 3.47. The second kappa shape index (κ2) is 5.46. The Labute approximate surface area is 97.8 Å². The minimum atomic E-state index is 0.245. The van der Waals surface area contributed by atoms with Gasteiger partial charge in [0.05, 0.1) is 6.61 Å². The number of ether oxygens (including phenoxy) is 1. The normalized spacial score (nSPS) is 22.2. The van der Waals surface area contributed by atoms with Crippen LogP contribution in [0.15, 0.2) is 24.3 Å². The van der Waals surface area contributed by atoms with Crippen LogP contribution >= 0.6 is 0 Å². The van der Waals surface area contributed by atoms with Gasteiger partial charge >= 0.3 is 0 Å². The first-order chi connectivity index (χ1) is 7.79. The first-order valence-corrected chi connectivity index (χ1v) is 6.20. The van der Waals surface area contributed by atoms with Crippen molar-refractivity contribution in [1.82, 2.24) is 0 Å². The first kappa shape index (κ1) is 11.6. The van der Waals surface area contributed by atoms with Crippen LogP contribution in [0.2, 0.25) is 0 Å². The lowest BCUT2D eigenvalue weighted by atomic mass is 9.93. The van der Waals surface area contributed by atoms with E-state index in [-0.39, 0.29) is 6.04 Å². The number of hydrogen-bond acceptors (Lipinski definition) is 2. The summed E-state index contributed by atoms with van der Waals surface area (Å²) in [6.07, 6.45) is 3.19. The van der Waals surface area contributed by atoms with E-state index in [1.165, 1.54) is 11.1 Å². The van der Waals surface area contributed by atoms with Crippen LogP contribution in [0.4, 0.5) is 0 Å². The van der Waals surface area contributed by atoms with Crippen LogP contribution in [0.5, 0.6) is 0 Å². The van der Waals surface area contributed by atoms with Crippen LogP contribution in [0.25, 0.3) is 0 Å². The molecule has 0 saturated carbocycles. The zero-order valence-corrected chi connectivity index (χ0v) is 9.99. The molecule has 2 N–H and O–H groups in total. The summed E-state index contributed by atoms with van der Waals surface area (Å²) in [7, 11) is 0. The standard InChI is InChI=1S/C14H21NO/c1-2-11-3-5-12(6-4-11)9-14(15)13-7-8-16-10-13/h3-6,13-14H,2,7-10,15H2,1H3. The maximum absolute atomic E-state index is 6.20. The third kappa shape index (κ3) is 2.83. The summed E-state index contributed by atoms with van der Waals surface area (Å²) >= 11 is 0. The van der Waals surface area contributed by atoms with Gasteiger partial charge in [-0.2, -0.15) is 0 Å². The highest BCUT2D eigenvalue weighted by atomic mass is 16.5. The average Bonchev–Trinajstić information content (AvgIpc) is 2.83. The maximum Gasteiger partial charge on any atom is 0.0510 e. The molecule has 88 valence electrons. The number of aryl methyl sites for hydroxylation is 1. The Balaban J connectivity index is 1.92. The van der Waals surface area contributed by atoms with E-state index in [0.29, 0.717) is 5.92 Å². The Morgan fingerprint density at radius 2 is 2.00 bits per heavy atom. The Morgan fingerprint density at radius 1 is 1.31 bits per heavy atom. The summed E-state index contributed by atoms with van der Waals surface area (Å²) in [5, 5.41) is 0. The van der Waals surface area contributed by atoms with E-state index < -0.39 is 0 Å². The molecule has 1 heterocycles. The molecule has 2 heteroatoms. The van der Waals surface area contributed by atoms with Gasteiger partial charge in [0, 0.05) is 12.6 Å². The SMILES string of the molecule is CCc1ccc(CC(N)C2CCOC2)cc1. The van der Waals surface area contributed by atoms with Crippen LogP contribution in [0.1, 0.15) is 24.5 Å². The van der Waals surface area contributed by atoms with Gasteiger partial charge in [-0.05, 0) is 36.3 Å². The van der Waals surface area contributed by atoms with E-state index >= 15 is 0 Å². The summed E-state index contributed by atoms with van der Waals surface area (Å²) in [6.45, 7) is 3.90. The van der Waals surface area contributed by atoms with Crippen molar-refractivity contribution in [3.8, 4) is 0 Å². The van der Waals surface area contributed by atoms with Crippen molar-refractivity contribution in [2.75, 3.05) is 13.2 Å². The summed E-state index contributed by atoms with van der Waals surface area (Å²) in [6, 6.07) is 9.05. The van der Waals surface area contributed by atoms with Crippen molar-refractivity contribution in [2.45, 2.75) is 32.2 Å². The van der Waals surface area contributed by atoms with Crippen LogP contribution in [-0.4, -0.2) is 19.3 Å². The lowest BCUT2D eigenvalue weighted by Crippen LogP contribution is -2.32. The van der Waals surface area contributed by atoms with E-state index in [4.69, 9.17) is 10.5 Å². The van der Waals surface area contributed by atoms with Crippen LogP contribution in [0, 0.1) is 5.92 Å². The van der Waals surface area contributed by atoms with E-state index in [2.05, 4.69) is 31.2 Å². The summed E-state index contributed by atoms with van der Waals surface area (Å²) < 4.78 is 5.37. The zero-order chi connectivity index (χ0) is 11.4. The quantitative estimate of drug-likeness (QED) is 0.842. The van der Waals surface area contributed by atoms with E-state index in [0.717, 1.165) is 32.5 Å².